The van der Waals surface area contributed by atoms with Crippen LogP contribution in [-0.2, 0) is 6.54 Å². The molecule has 0 aliphatic carbocycles. The van der Waals surface area contributed by atoms with Gasteiger partial charge in [0.2, 0.25) is 0 Å². The van der Waals surface area contributed by atoms with E-state index in [2.05, 4.69) is 21.2 Å². The monoisotopic (exact) mass is 327 g/mol. The summed E-state index contributed by atoms with van der Waals surface area (Å²) >= 11 is 9.37. The van der Waals surface area contributed by atoms with Gasteiger partial charge in [-0.25, -0.2) is 4.39 Å². The second-order valence-corrected chi connectivity index (χ2v) is 5.32. The summed E-state index contributed by atoms with van der Waals surface area (Å²) in [5, 5.41) is 3.95. The molecule has 18 heavy (non-hydrogen) atoms. The van der Waals surface area contributed by atoms with Crippen molar-refractivity contribution in [1.82, 2.24) is 0 Å². The quantitative estimate of drug-likeness (QED) is 0.820. The van der Waals surface area contributed by atoms with Gasteiger partial charge in [-0.15, -0.1) is 0 Å². The molecule has 1 N–H and O–H groups in total. The van der Waals surface area contributed by atoms with Crippen LogP contribution in [-0.4, -0.2) is 0 Å². The highest BCUT2D eigenvalue weighted by Crippen LogP contribution is 2.24. The van der Waals surface area contributed by atoms with Gasteiger partial charge >= 0.3 is 0 Å². The Hall–Kier alpha value is -1.06. The molecule has 0 radical (unpaired) electrons. The third-order valence-electron chi connectivity index (χ3n) is 2.66. The maximum atomic E-state index is 13.0. The van der Waals surface area contributed by atoms with E-state index in [1.54, 1.807) is 6.07 Å². The number of hydrogen-bond donors (Lipinski definition) is 1. The molecule has 0 atom stereocenters. The highest BCUT2D eigenvalue weighted by atomic mass is 79.9. The summed E-state index contributed by atoms with van der Waals surface area (Å²) < 4.78 is 13.8. The topological polar surface area (TPSA) is 12.0 Å². The van der Waals surface area contributed by atoms with Crippen LogP contribution in [0.1, 0.15) is 11.1 Å². The highest BCUT2D eigenvalue weighted by molar-refractivity contribution is 9.10. The molecular weight excluding hydrogens is 317 g/mol. The first-order chi connectivity index (χ1) is 8.56. The first-order valence-electron chi connectivity index (χ1n) is 5.50. The van der Waals surface area contributed by atoms with Crippen LogP contribution in [0.3, 0.4) is 0 Å². The Morgan fingerprint density at radius 1 is 1.22 bits per heavy atom. The number of rotatable bonds is 3. The van der Waals surface area contributed by atoms with Gasteiger partial charge in [0.1, 0.15) is 5.82 Å². The second-order valence-electron chi connectivity index (χ2n) is 4.06. The molecule has 1 nitrogen and oxygen atoms in total. The Balaban J connectivity index is 2.09. The van der Waals surface area contributed by atoms with Crippen molar-refractivity contribution in [2.75, 3.05) is 5.32 Å². The first-order valence-corrected chi connectivity index (χ1v) is 6.67. The molecule has 0 aromatic heterocycles. The van der Waals surface area contributed by atoms with Gasteiger partial charge in [-0.05, 0) is 64.3 Å². The van der Waals surface area contributed by atoms with Crippen LogP contribution in [0.25, 0.3) is 0 Å². The number of benzene rings is 2. The van der Waals surface area contributed by atoms with Crippen LogP contribution in [0.2, 0.25) is 5.02 Å². The number of nitrogens with one attached hydrogen (secondary N) is 1. The third-order valence-corrected chi connectivity index (χ3v) is 3.89. The molecule has 0 amide bonds. The van der Waals surface area contributed by atoms with E-state index in [4.69, 9.17) is 11.6 Å². The molecule has 94 valence electrons. The molecule has 0 heterocycles. The molecule has 0 saturated carbocycles. The minimum atomic E-state index is -0.218. The lowest BCUT2D eigenvalue weighted by Gasteiger charge is -2.10. The van der Waals surface area contributed by atoms with Crippen molar-refractivity contribution in [3.05, 3.63) is 62.8 Å². The summed E-state index contributed by atoms with van der Waals surface area (Å²) in [6, 6.07) is 10.5. The van der Waals surface area contributed by atoms with Gasteiger partial charge in [-0.3, -0.25) is 0 Å². The van der Waals surface area contributed by atoms with Crippen LogP contribution < -0.4 is 5.32 Å². The molecule has 0 bridgehead atoms. The van der Waals surface area contributed by atoms with Crippen molar-refractivity contribution in [2.24, 2.45) is 0 Å². The van der Waals surface area contributed by atoms with Crippen molar-refractivity contribution < 1.29 is 4.39 Å². The van der Waals surface area contributed by atoms with E-state index < -0.39 is 0 Å². The average Bonchev–Trinajstić information content (AvgIpc) is 2.32. The predicted molar refractivity (Wildman–Crippen MR) is 77.6 cm³/mol. The molecule has 0 saturated heterocycles. The maximum Gasteiger partial charge on any atom is 0.123 e. The van der Waals surface area contributed by atoms with Crippen LogP contribution in [0.4, 0.5) is 10.1 Å². The zero-order valence-electron chi connectivity index (χ0n) is 9.81. The first kappa shape index (κ1) is 13.4. The fourth-order valence-electron chi connectivity index (χ4n) is 1.67. The Labute approximate surface area is 119 Å². The number of anilines is 1. The summed E-state index contributed by atoms with van der Waals surface area (Å²) in [4.78, 5) is 0. The Morgan fingerprint density at radius 3 is 2.67 bits per heavy atom. The SMILES string of the molecule is Cc1cc(F)ccc1NCc1ccc(Br)c(Cl)c1. The zero-order valence-corrected chi connectivity index (χ0v) is 12.1. The maximum absolute atomic E-state index is 13.0. The van der Waals surface area contributed by atoms with E-state index in [9.17, 15) is 4.39 Å². The van der Waals surface area contributed by atoms with Crippen LogP contribution in [0.15, 0.2) is 40.9 Å². The van der Waals surface area contributed by atoms with Crippen molar-refractivity contribution >= 4 is 33.2 Å². The zero-order chi connectivity index (χ0) is 13.1. The highest BCUT2D eigenvalue weighted by Gasteiger charge is 2.02. The number of aryl methyl sites for hydroxylation is 1. The Kier molecular flexibility index (Phi) is 4.25. The smallest absolute Gasteiger partial charge is 0.123 e. The van der Waals surface area contributed by atoms with E-state index in [0.29, 0.717) is 11.6 Å². The van der Waals surface area contributed by atoms with Crippen molar-refractivity contribution in [2.45, 2.75) is 13.5 Å². The predicted octanol–water partition coefficient (Wildman–Crippen LogP) is 5.16. The lowest BCUT2D eigenvalue weighted by Crippen LogP contribution is -2.01. The molecule has 2 aromatic carbocycles. The normalized spacial score (nSPS) is 10.4. The van der Waals surface area contributed by atoms with Crippen molar-refractivity contribution in [3.8, 4) is 0 Å². The Bertz CT molecular complexity index is 572. The Morgan fingerprint density at radius 2 is 2.00 bits per heavy atom. The van der Waals surface area contributed by atoms with Gasteiger partial charge in [0, 0.05) is 16.7 Å². The third kappa shape index (κ3) is 3.24. The lowest BCUT2D eigenvalue weighted by atomic mass is 10.1. The summed E-state index contributed by atoms with van der Waals surface area (Å²) in [5.74, 6) is -0.218. The van der Waals surface area contributed by atoms with Gasteiger partial charge in [0.25, 0.3) is 0 Å². The van der Waals surface area contributed by atoms with Gasteiger partial charge < -0.3 is 5.32 Å². The summed E-state index contributed by atoms with van der Waals surface area (Å²) in [6.45, 7) is 2.53. The molecule has 0 aliphatic heterocycles. The van der Waals surface area contributed by atoms with Gasteiger partial charge in [0.05, 0.1) is 5.02 Å². The summed E-state index contributed by atoms with van der Waals surface area (Å²) in [7, 11) is 0. The van der Waals surface area contributed by atoms with Gasteiger partial charge in [-0.2, -0.15) is 0 Å². The molecule has 0 spiro atoms. The minimum Gasteiger partial charge on any atom is -0.381 e. The van der Waals surface area contributed by atoms with E-state index in [1.807, 2.05) is 25.1 Å². The molecule has 2 rings (SSSR count). The lowest BCUT2D eigenvalue weighted by molar-refractivity contribution is 0.627. The molecule has 2 aromatic rings. The largest absolute Gasteiger partial charge is 0.381 e. The number of hydrogen-bond acceptors (Lipinski definition) is 1. The van der Waals surface area contributed by atoms with Crippen LogP contribution in [0, 0.1) is 12.7 Å². The molecular formula is C14H12BrClFN. The minimum absolute atomic E-state index is 0.218. The summed E-state index contributed by atoms with van der Waals surface area (Å²) in [6.07, 6.45) is 0. The van der Waals surface area contributed by atoms with E-state index in [0.717, 1.165) is 21.3 Å². The van der Waals surface area contributed by atoms with Gasteiger partial charge in [-0.1, -0.05) is 17.7 Å². The fraction of sp³-hybridized carbons (Fsp3) is 0.143. The van der Waals surface area contributed by atoms with Crippen LogP contribution >= 0.6 is 27.5 Å². The standard InChI is InChI=1S/C14H12BrClFN/c1-9-6-11(17)3-5-14(9)18-8-10-2-4-12(15)13(16)7-10/h2-7,18H,8H2,1H3. The van der Waals surface area contributed by atoms with E-state index >= 15 is 0 Å². The van der Waals surface area contributed by atoms with Crippen molar-refractivity contribution in [1.29, 1.82) is 0 Å². The second kappa shape index (κ2) is 5.72. The molecule has 0 fully saturated rings. The van der Waals surface area contributed by atoms with Gasteiger partial charge in [0.15, 0.2) is 0 Å². The molecule has 4 heteroatoms. The number of halogens is 3. The molecule has 0 unspecified atom stereocenters. The van der Waals surface area contributed by atoms with E-state index in [-0.39, 0.29) is 5.82 Å². The average molecular weight is 329 g/mol. The summed E-state index contributed by atoms with van der Waals surface area (Å²) in [5.41, 5.74) is 2.89. The van der Waals surface area contributed by atoms with Crippen LogP contribution in [0.5, 0.6) is 0 Å². The van der Waals surface area contributed by atoms with Crippen molar-refractivity contribution in [3.63, 3.8) is 0 Å². The fourth-order valence-corrected chi connectivity index (χ4v) is 2.12. The molecule has 0 aliphatic rings. The van der Waals surface area contributed by atoms with E-state index in [1.165, 1.54) is 12.1 Å².